The first-order valence-corrected chi connectivity index (χ1v) is 7.62. The number of aliphatic hydroxyl groups is 1. The van der Waals surface area contributed by atoms with Gasteiger partial charge >= 0.3 is 6.18 Å². The summed E-state index contributed by atoms with van der Waals surface area (Å²) in [5.74, 6) is 0. The third kappa shape index (κ3) is 3.74. The van der Waals surface area contributed by atoms with Gasteiger partial charge in [-0.25, -0.2) is 4.98 Å². The lowest BCUT2D eigenvalue weighted by Crippen LogP contribution is -2.53. The minimum atomic E-state index is -4.55. The van der Waals surface area contributed by atoms with Crippen LogP contribution in [0.3, 0.4) is 0 Å². The lowest BCUT2D eigenvalue weighted by molar-refractivity contribution is -0.272. The summed E-state index contributed by atoms with van der Waals surface area (Å²) >= 11 is 1.48. The quantitative estimate of drug-likeness (QED) is 0.925. The Bertz CT molecular complexity index is 470. The van der Waals surface area contributed by atoms with Crippen LogP contribution in [0.2, 0.25) is 0 Å². The van der Waals surface area contributed by atoms with Crippen molar-refractivity contribution >= 4 is 11.3 Å². The molecule has 1 aromatic rings. The first-order chi connectivity index (χ1) is 9.75. The van der Waals surface area contributed by atoms with Gasteiger partial charge in [-0.3, -0.25) is 4.90 Å². The standard InChI is InChI=1S/C13H19F3N2O2S/c1-9(20-2)11-17-10(8-21-11)7-18-5-3-12(19,4-6-18)13(14,15)16/h8-9,19H,3-7H2,1-2H3. The summed E-state index contributed by atoms with van der Waals surface area (Å²) in [6, 6.07) is 0. The zero-order valence-corrected chi connectivity index (χ0v) is 12.8. The minimum Gasteiger partial charge on any atom is -0.380 e. The molecule has 1 aromatic heterocycles. The fraction of sp³-hybridized carbons (Fsp3) is 0.769. The second-order valence-electron chi connectivity index (χ2n) is 5.36. The number of halogens is 3. The summed E-state index contributed by atoms with van der Waals surface area (Å²) in [6.45, 7) is 2.82. The van der Waals surface area contributed by atoms with E-state index in [0.29, 0.717) is 6.54 Å². The molecule has 0 aromatic carbocycles. The lowest BCUT2D eigenvalue weighted by Gasteiger charge is -2.38. The number of thiazole rings is 1. The van der Waals surface area contributed by atoms with E-state index in [2.05, 4.69) is 4.98 Å². The number of alkyl halides is 3. The van der Waals surface area contributed by atoms with Gasteiger partial charge in [0.05, 0.1) is 5.69 Å². The smallest absolute Gasteiger partial charge is 0.380 e. The van der Waals surface area contributed by atoms with Crippen molar-refractivity contribution in [1.29, 1.82) is 0 Å². The van der Waals surface area contributed by atoms with Crippen LogP contribution in [0.1, 0.15) is 36.6 Å². The maximum absolute atomic E-state index is 12.7. The van der Waals surface area contributed by atoms with Crippen LogP contribution in [-0.4, -0.2) is 47.0 Å². The molecule has 2 rings (SSSR count). The molecule has 1 atom stereocenters. The fourth-order valence-corrected chi connectivity index (χ4v) is 3.12. The number of piperidine rings is 1. The first kappa shape index (κ1) is 16.7. The molecular formula is C13H19F3N2O2S. The molecule has 4 nitrogen and oxygen atoms in total. The molecule has 0 bridgehead atoms. The van der Waals surface area contributed by atoms with Gasteiger partial charge in [-0.05, 0) is 19.8 Å². The zero-order chi connectivity index (χ0) is 15.7. The summed E-state index contributed by atoms with van der Waals surface area (Å²) in [6.07, 6.45) is -5.22. The van der Waals surface area contributed by atoms with Crippen molar-refractivity contribution in [2.75, 3.05) is 20.2 Å². The molecule has 1 fully saturated rings. The van der Waals surface area contributed by atoms with E-state index in [1.165, 1.54) is 11.3 Å². The van der Waals surface area contributed by atoms with Gasteiger partial charge < -0.3 is 9.84 Å². The van der Waals surface area contributed by atoms with E-state index in [9.17, 15) is 18.3 Å². The van der Waals surface area contributed by atoms with Crippen molar-refractivity contribution in [2.24, 2.45) is 0 Å². The molecule has 0 amide bonds. The van der Waals surface area contributed by atoms with E-state index in [1.54, 1.807) is 7.11 Å². The Morgan fingerprint density at radius 2 is 2.10 bits per heavy atom. The third-order valence-electron chi connectivity index (χ3n) is 3.87. The highest BCUT2D eigenvalue weighted by Gasteiger charge is 2.54. The minimum absolute atomic E-state index is 0.0829. The van der Waals surface area contributed by atoms with Gasteiger partial charge in [0.15, 0.2) is 5.60 Å². The zero-order valence-electron chi connectivity index (χ0n) is 12.0. The molecule has 1 aliphatic heterocycles. The number of rotatable bonds is 4. The second kappa shape index (κ2) is 6.20. The lowest BCUT2D eigenvalue weighted by atomic mass is 9.91. The molecule has 120 valence electrons. The van der Waals surface area contributed by atoms with Crippen LogP contribution < -0.4 is 0 Å². The van der Waals surface area contributed by atoms with Crippen molar-refractivity contribution in [3.05, 3.63) is 16.1 Å². The molecule has 1 aliphatic rings. The largest absolute Gasteiger partial charge is 0.417 e. The Kier molecular flexibility index (Phi) is 4.92. The second-order valence-corrected chi connectivity index (χ2v) is 6.25. The van der Waals surface area contributed by atoms with Crippen LogP contribution in [-0.2, 0) is 11.3 Å². The van der Waals surface area contributed by atoms with E-state index in [4.69, 9.17) is 4.74 Å². The molecule has 0 radical (unpaired) electrons. The average molecular weight is 324 g/mol. The molecule has 1 N–H and O–H groups in total. The van der Waals surface area contributed by atoms with Crippen molar-refractivity contribution in [3.63, 3.8) is 0 Å². The van der Waals surface area contributed by atoms with Crippen molar-refractivity contribution in [2.45, 2.75) is 44.2 Å². The van der Waals surface area contributed by atoms with Crippen LogP contribution in [0, 0.1) is 0 Å². The molecule has 8 heteroatoms. The monoisotopic (exact) mass is 324 g/mol. The Balaban J connectivity index is 1.91. The average Bonchev–Trinajstić information content (AvgIpc) is 2.88. The van der Waals surface area contributed by atoms with Crippen molar-refractivity contribution < 1.29 is 23.0 Å². The predicted octanol–water partition coefficient (Wildman–Crippen LogP) is 2.74. The summed E-state index contributed by atoms with van der Waals surface area (Å²) in [7, 11) is 1.61. The molecule has 1 unspecified atom stereocenters. The van der Waals surface area contributed by atoms with Gasteiger partial charge in [-0.1, -0.05) is 0 Å². The number of hydrogen-bond acceptors (Lipinski definition) is 5. The van der Waals surface area contributed by atoms with Crippen LogP contribution in [0.25, 0.3) is 0 Å². The summed E-state index contributed by atoms with van der Waals surface area (Å²) < 4.78 is 43.3. The molecular weight excluding hydrogens is 305 g/mol. The van der Waals surface area contributed by atoms with Gasteiger partial charge in [0.25, 0.3) is 0 Å². The number of methoxy groups -OCH3 is 1. The maximum Gasteiger partial charge on any atom is 0.417 e. The van der Waals surface area contributed by atoms with Gasteiger partial charge in [-0.15, -0.1) is 11.3 Å². The van der Waals surface area contributed by atoms with E-state index in [-0.39, 0.29) is 32.0 Å². The Hall–Kier alpha value is -0.700. The van der Waals surface area contributed by atoms with Crippen LogP contribution >= 0.6 is 11.3 Å². The first-order valence-electron chi connectivity index (χ1n) is 6.74. The highest BCUT2D eigenvalue weighted by molar-refractivity contribution is 7.09. The fourth-order valence-electron chi connectivity index (χ4n) is 2.28. The van der Waals surface area contributed by atoms with E-state index in [1.807, 2.05) is 17.2 Å². The molecule has 21 heavy (non-hydrogen) atoms. The molecule has 1 saturated heterocycles. The highest BCUT2D eigenvalue weighted by Crippen LogP contribution is 2.38. The van der Waals surface area contributed by atoms with E-state index < -0.39 is 11.8 Å². The van der Waals surface area contributed by atoms with Crippen molar-refractivity contribution in [1.82, 2.24) is 9.88 Å². The van der Waals surface area contributed by atoms with Crippen LogP contribution in [0.15, 0.2) is 5.38 Å². The molecule has 0 spiro atoms. The predicted molar refractivity (Wildman–Crippen MR) is 73.1 cm³/mol. The van der Waals surface area contributed by atoms with Gasteiger partial charge in [0.2, 0.25) is 0 Å². The van der Waals surface area contributed by atoms with Gasteiger partial charge in [0, 0.05) is 32.1 Å². The number of hydrogen-bond donors (Lipinski definition) is 1. The number of likely N-dealkylation sites (tertiary alicyclic amines) is 1. The number of nitrogens with zero attached hydrogens (tertiary/aromatic N) is 2. The van der Waals surface area contributed by atoms with Gasteiger partial charge in [0.1, 0.15) is 11.1 Å². The third-order valence-corrected chi connectivity index (χ3v) is 4.92. The molecule has 0 saturated carbocycles. The molecule has 2 heterocycles. The van der Waals surface area contributed by atoms with Gasteiger partial charge in [-0.2, -0.15) is 13.2 Å². The topological polar surface area (TPSA) is 45.6 Å². The summed E-state index contributed by atoms with van der Waals surface area (Å²) in [4.78, 5) is 6.31. The Morgan fingerprint density at radius 3 is 2.62 bits per heavy atom. The Morgan fingerprint density at radius 1 is 1.48 bits per heavy atom. The Labute approximate surface area is 125 Å². The molecule has 0 aliphatic carbocycles. The van der Waals surface area contributed by atoms with Crippen LogP contribution in [0.5, 0.6) is 0 Å². The maximum atomic E-state index is 12.7. The summed E-state index contributed by atoms with van der Waals surface area (Å²) in [5, 5.41) is 12.4. The summed E-state index contributed by atoms with van der Waals surface area (Å²) in [5.41, 5.74) is -1.71. The number of aromatic nitrogens is 1. The highest BCUT2D eigenvalue weighted by atomic mass is 32.1. The SMILES string of the molecule is COC(C)c1nc(CN2CCC(O)(C(F)(F)F)CC2)cs1. The normalized spacial score (nSPS) is 21.4. The number of ether oxygens (including phenoxy) is 1. The van der Waals surface area contributed by atoms with E-state index >= 15 is 0 Å². The van der Waals surface area contributed by atoms with Crippen LogP contribution in [0.4, 0.5) is 13.2 Å². The van der Waals surface area contributed by atoms with Crippen molar-refractivity contribution in [3.8, 4) is 0 Å². The van der Waals surface area contributed by atoms with E-state index in [0.717, 1.165) is 10.7 Å².